The predicted molar refractivity (Wildman–Crippen MR) is 79.4 cm³/mol. The molecule has 1 aromatic rings. The summed E-state index contributed by atoms with van der Waals surface area (Å²) in [7, 11) is 0. The van der Waals surface area contributed by atoms with Gasteiger partial charge in [0.2, 0.25) is 0 Å². The minimum Gasteiger partial charge on any atom is -0.365 e. The summed E-state index contributed by atoms with van der Waals surface area (Å²) in [6.07, 6.45) is 0.575. The van der Waals surface area contributed by atoms with Crippen molar-refractivity contribution in [2.24, 2.45) is 0 Å². The second kappa shape index (κ2) is 5.63. The van der Waals surface area contributed by atoms with Gasteiger partial charge in [0.25, 0.3) is 0 Å². The van der Waals surface area contributed by atoms with E-state index >= 15 is 0 Å². The van der Waals surface area contributed by atoms with E-state index in [1.54, 1.807) is 0 Å². The molecule has 1 N–H and O–H groups in total. The summed E-state index contributed by atoms with van der Waals surface area (Å²) in [5.41, 5.74) is 2.77. The number of rotatable bonds is 2. The molecule has 1 saturated heterocycles. The van der Waals surface area contributed by atoms with E-state index in [1.165, 1.54) is 11.3 Å². The Hall–Kier alpha value is -1.53. The van der Waals surface area contributed by atoms with Crippen LogP contribution in [0.1, 0.15) is 32.8 Å². The van der Waals surface area contributed by atoms with Crippen LogP contribution < -0.4 is 10.2 Å². The Bertz CT molecular complexity index is 468. The average Bonchev–Trinajstić information content (AvgIpc) is 2.39. The predicted octanol–water partition coefficient (Wildman–Crippen LogP) is 2.68. The van der Waals surface area contributed by atoms with Crippen molar-refractivity contribution in [2.75, 3.05) is 24.5 Å². The number of para-hydroxylation sites is 1. The highest BCUT2D eigenvalue weighted by molar-refractivity contribution is 5.57. The molecule has 0 aromatic heterocycles. The third kappa shape index (κ3) is 3.08. The van der Waals surface area contributed by atoms with Gasteiger partial charge in [0.05, 0.1) is 18.5 Å². The van der Waals surface area contributed by atoms with Gasteiger partial charge in [-0.05, 0) is 17.0 Å². The van der Waals surface area contributed by atoms with Crippen LogP contribution in [0.2, 0.25) is 0 Å². The summed E-state index contributed by atoms with van der Waals surface area (Å²) in [6.45, 7) is 9.58. The number of piperazine rings is 1. The summed E-state index contributed by atoms with van der Waals surface area (Å²) in [4.78, 5) is 2.40. The molecule has 19 heavy (non-hydrogen) atoms. The van der Waals surface area contributed by atoms with Gasteiger partial charge in [-0.1, -0.05) is 39.0 Å². The van der Waals surface area contributed by atoms with E-state index < -0.39 is 0 Å². The van der Waals surface area contributed by atoms with E-state index in [0.29, 0.717) is 6.42 Å². The molecule has 0 saturated carbocycles. The van der Waals surface area contributed by atoms with Gasteiger partial charge in [0, 0.05) is 25.3 Å². The van der Waals surface area contributed by atoms with Crippen LogP contribution in [0.4, 0.5) is 5.69 Å². The van der Waals surface area contributed by atoms with Crippen molar-refractivity contribution in [3.8, 4) is 6.07 Å². The lowest BCUT2D eigenvalue weighted by Crippen LogP contribution is -2.51. The van der Waals surface area contributed by atoms with Crippen LogP contribution in [-0.2, 0) is 5.41 Å². The third-order valence-corrected chi connectivity index (χ3v) is 3.70. The second-order valence-corrected chi connectivity index (χ2v) is 6.18. The fourth-order valence-corrected chi connectivity index (χ4v) is 2.72. The number of nitrogens with zero attached hydrogens (tertiary/aromatic N) is 2. The summed E-state index contributed by atoms with van der Waals surface area (Å²) in [5.74, 6) is 0. The standard InChI is InChI=1S/C16H23N3/c1-16(2,3)14-6-4-5-7-15(14)19-11-10-18-12-13(19)8-9-17/h4-7,13,18H,8,10-12H2,1-3H3. The maximum absolute atomic E-state index is 9.01. The van der Waals surface area contributed by atoms with Crippen molar-refractivity contribution < 1.29 is 0 Å². The zero-order valence-corrected chi connectivity index (χ0v) is 12.1. The van der Waals surface area contributed by atoms with Crippen LogP contribution in [0.5, 0.6) is 0 Å². The maximum Gasteiger partial charge on any atom is 0.0643 e. The molecule has 3 nitrogen and oxygen atoms in total. The largest absolute Gasteiger partial charge is 0.365 e. The number of anilines is 1. The van der Waals surface area contributed by atoms with Gasteiger partial charge in [0.1, 0.15) is 0 Å². The Morgan fingerprint density at radius 3 is 2.79 bits per heavy atom. The molecular formula is C16H23N3. The molecule has 1 aliphatic heterocycles. The summed E-state index contributed by atoms with van der Waals surface area (Å²) in [5, 5.41) is 12.4. The van der Waals surface area contributed by atoms with Crippen LogP contribution in [0, 0.1) is 11.3 Å². The van der Waals surface area contributed by atoms with Crippen LogP contribution in [0.25, 0.3) is 0 Å². The van der Waals surface area contributed by atoms with Gasteiger partial charge in [-0.25, -0.2) is 0 Å². The molecule has 1 atom stereocenters. The Morgan fingerprint density at radius 2 is 2.11 bits per heavy atom. The highest BCUT2D eigenvalue weighted by atomic mass is 15.2. The Kier molecular flexibility index (Phi) is 4.11. The normalized spacial score (nSPS) is 20.1. The SMILES string of the molecule is CC(C)(C)c1ccccc1N1CCNCC1CC#N. The lowest BCUT2D eigenvalue weighted by Gasteiger charge is -2.39. The first-order valence-electron chi connectivity index (χ1n) is 6.98. The summed E-state index contributed by atoms with van der Waals surface area (Å²) < 4.78 is 0. The number of benzene rings is 1. The second-order valence-electron chi connectivity index (χ2n) is 6.18. The average molecular weight is 257 g/mol. The molecular weight excluding hydrogens is 234 g/mol. The minimum absolute atomic E-state index is 0.124. The highest BCUT2D eigenvalue weighted by Crippen LogP contribution is 2.33. The van der Waals surface area contributed by atoms with Gasteiger partial charge in [0.15, 0.2) is 0 Å². The molecule has 1 aromatic carbocycles. The van der Waals surface area contributed by atoms with Gasteiger partial charge < -0.3 is 10.2 Å². The monoisotopic (exact) mass is 257 g/mol. The zero-order chi connectivity index (χ0) is 13.9. The van der Waals surface area contributed by atoms with Crippen molar-refractivity contribution in [3.05, 3.63) is 29.8 Å². The van der Waals surface area contributed by atoms with Gasteiger partial charge in [-0.2, -0.15) is 5.26 Å². The maximum atomic E-state index is 9.01. The van der Waals surface area contributed by atoms with Crippen molar-refractivity contribution in [3.63, 3.8) is 0 Å². The van der Waals surface area contributed by atoms with Crippen molar-refractivity contribution in [1.82, 2.24) is 5.32 Å². The fraction of sp³-hybridized carbons (Fsp3) is 0.562. The molecule has 1 heterocycles. The van der Waals surface area contributed by atoms with E-state index in [4.69, 9.17) is 5.26 Å². The van der Waals surface area contributed by atoms with E-state index in [1.807, 2.05) is 0 Å². The molecule has 0 radical (unpaired) electrons. The molecule has 0 spiro atoms. The first-order chi connectivity index (χ1) is 9.04. The minimum atomic E-state index is 0.124. The van der Waals surface area contributed by atoms with Crippen molar-refractivity contribution >= 4 is 5.69 Å². The molecule has 3 heteroatoms. The number of hydrogen-bond acceptors (Lipinski definition) is 3. The van der Waals surface area contributed by atoms with Gasteiger partial charge in [-0.15, -0.1) is 0 Å². The van der Waals surface area contributed by atoms with E-state index in [2.05, 4.69) is 61.3 Å². The molecule has 102 valence electrons. The van der Waals surface area contributed by atoms with Gasteiger partial charge >= 0.3 is 0 Å². The number of nitriles is 1. The lowest BCUT2D eigenvalue weighted by molar-refractivity contribution is 0.475. The Balaban J connectivity index is 2.37. The number of nitrogens with one attached hydrogen (secondary N) is 1. The first kappa shape index (κ1) is 13.9. The molecule has 0 bridgehead atoms. The molecule has 1 unspecified atom stereocenters. The number of hydrogen-bond donors (Lipinski definition) is 1. The molecule has 2 rings (SSSR count). The smallest absolute Gasteiger partial charge is 0.0643 e. The zero-order valence-electron chi connectivity index (χ0n) is 12.1. The molecule has 1 aliphatic rings. The highest BCUT2D eigenvalue weighted by Gasteiger charge is 2.27. The van der Waals surface area contributed by atoms with Crippen LogP contribution in [-0.4, -0.2) is 25.7 Å². The van der Waals surface area contributed by atoms with Crippen LogP contribution in [0.15, 0.2) is 24.3 Å². The van der Waals surface area contributed by atoms with Crippen LogP contribution in [0.3, 0.4) is 0 Å². The van der Waals surface area contributed by atoms with Crippen molar-refractivity contribution in [1.29, 1.82) is 5.26 Å². The lowest BCUT2D eigenvalue weighted by atomic mass is 9.85. The Morgan fingerprint density at radius 1 is 1.37 bits per heavy atom. The van der Waals surface area contributed by atoms with Crippen LogP contribution >= 0.6 is 0 Å². The molecule has 0 aliphatic carbocycles. The van der Waals surface area contributed by atoms with E-state index in [9.17, 15) is 0 Å². The topological polar surface area (TPSA) is 39.1 Å². The first-order valence-corrected chi connectivity index (χ1v) is 6.98. The summed E-state index contributed by atoms with van der Waals surface area (Å²) >= 11 is 0. The summed E-state index contributed by atoms with van der Waals surface area (Å²) in [6, 6.07) is 11.2. The molecule has 1 fully saturated rings. The van der Waals surface area contributed by atoms with Crippen molar-refractivity contribution in [2.45, 2.75) is 38.6 Å². The van der Waals surface area contributed by atoms with Gasteiger partial charge in [-0.3, -0.25) is 0 Å². The molecule has 0 amide bonds. The Labute approximate surface area is 116 Å². The van der Waals surface area contributed by atoms with E-state index in [0.717, 1.165) is 19.6 Å². The third-order valence-electron chi connectivity index (χ3n) is 3.70. The fourth-order valence-electron chi connectivity index (χ4n) is 2.72. The van der Waals surface area contributed by atoms with E-state index in [-0.39, 0.29) is 11.5 Å². The quantitative estimate of drug-likeness (QED) is 0.885.